The van der Waals surface area contributed by atoms with Crippen molar-refractivity contribution in [2.45, 2.75) is 33.2 Å². The van der Waals surface area contributed by atoms with Gasteiger partial charge >= 0.3 is 0 Å². The van der Waals surface area contributed by atoms with Crippen molar-refractivity contribution in [2.75, 3.05) is 31.1 Å². The van der Waals surface area contributed by atoms with Crippen LogP contribution in [0.1, 0.15) is 25.8 Å². The Morgan fingerprint density at radius 2 is 1.94 bits per heavy atom. The lowest BCUT2D eigenvalue weighted by atomic mass is 9.72. The van der Waals surface area contributed by atoms with Crippen molar-refractivity contribution in [3.63, 3.8) is 0 Å². The lowest BCUT2D eigenvalue weighted by Crippen LogP contribution is -2.73. The lowest BCUT2D eigenvalue weighted by Gasteiger charge is -2.62. The topological polar surface area (TPSA) is 6.48 Å². The number of aryl methyl sites for hydroxylation is 1. The molecule has 0 aliphatic carbocycles. The molecule has 2 aliphatic rings. The molecular weight excluding hydrogens is 220 g/mol. The molecule has 0 saturated carbocycles. The molecule has 1 aromatic rings. The molecule has 2 heterocycles. The van der Waals surface area contributed by atoms with E-state index in [1.165, 1.54) is 43.9 Å². The van der Waals surface area contributed by atoms with E-state index in [1.54, 1.807) is 0 Å². The maximum atomic E-state index is 2.63. The second kappa shape index (κ2) is 4.27. The molecule has 1 spiro atoms. The smallest absolute Gasteiger partial charge is 0.0369 e. The highest BCUT2D eigenvalue weighted by atomic mass is 15.3. The van der Waals surface area contributed by atoms with Crippen LogP contribution in [-0.4, -0.2) is 37.1 Å². The third-order valence-corrected chi connectivity index (χ3v) is 4.71. The van der Waals surface area contributed by atoms with Gasteiger partial charge in [0.15, 0.2) is 0 Å². The largest absolute Gasteiger partial charge is 0.370 e. The highest BCUT2D eigenvalue weighted by Crippen LogP contribution is 2.42. The summed E-state index contributed by atoms with van der Waals surface area (Å²) in [5.41, 5.74) is 3.39. The quantitative estimate of drug-likeness (QED) is 0.806. The SMILES string of the molecule is CCC(C)N1CC2(CN(c3cccc(C)c3)C2)C1. The molecule has 0 aromatic heterocycles. The Morgan fingerprint density at radius 1 is 1.22 bits per heavy atom. The molecular formula is C16H24N2. The summed E-state index contributed by atoms with van der Waals surface area (Å²) in [4.78, 5) is 5.16. The number of anilines is 1. The van der Waals surface area contributed by atoms with Gasteiger partial charge in [-0.15, -0.1) is 0 Å². The zero-order valence-electron chi connectivity index (χ0n) is 11.8. The van der Waals surface area contributed by atoms with E-state index in [2.05, 4.69) is 54.8 Å². The van der Waals surface area contributed by atoms with E-state index in [1.807, 2.05) is 0 Å². The summed E-state index contributed by atoms with van der Waals surface area (Å²) in [5.74, 6) is 0. The average Bonchev–Trinajstić information content (AvgIpc) is 2.25. The van der Waals surface area contributed by atoms with Gasteiger partial charge in [0.05, 0.1) is 0 Å². The molecule has 1 atom stereocenters. The summed E-state index contributed by atoms with van der Waals surface area (Å²) in [6, 6.07) is 9.65. The molecule has 0 N–H and O–H groups in total. The maximum absolute atomic E-state index is 2.63. The Kier molecular flexibility index (Phi) is 2.86. The van der Waals surface area contributed by atoms with Crippen molar-refractivity contribution in [1.82, 2.24) is 4.90 Å². The molecule has 0 radical (unpaired) electrons. The molecule has 18 heavy (non-hydrogen) atoms. The average molecular weight is 244 g/mol. The van der Waals surface area contributed by atoms with Gasteiger partial charge in [-0.25, -0.2) is 0 Å². The van der Waals surface area contributed by atoms with Crippen LogP contribution in [0.5, 0.6) is 0 Å². The van der Waals surface area contributed by atoms with E-state index >= 15 is 0 Å². The van der Waals surface area contributed by atoms with E-state index < -0.39 is 0 Å². The Hall–Kier alpha value is -1.02. The van der Waals surface area contributed by atoms with Gasteiger partial charge in [-0.3, -0.25) is 4.90 Å². The van der Waals surface area contributed by atoms with Crippen molar-refractivity contribution in [1.29, 1.82) is 0 Å². The first-order valence-electron chi connectivity index (χ1n) is 7.18. The number of likely N-dealkylation sites (tertiary alicyclic amines) is 1. The summed E-state index contributed by atoms with van der Waals surface area (Å²) >= 11 is 0. The monoisotopic (exact) mass is 244 g/mol. The van der Waals surface area contributed by atoms with Crippen LogP contribution in [0.15, 0.2) is 24.3 Å². The molecule has 1 unspecified atom stereocenters. The standard InChI is InChI=1S/C16H24N2/c1-4-14(3)17-9-16(10-17)11-18(12-16)15-7-5-6-13(2)8-15/h5-8,14H,4,9-12H2,1-3H3. The molecule has 3 rings (SSSR count). The highest BCUT2D eigenvalue weighted by molar-refractivity contribution is 5.52. The molecule has 2 nitrogen and oxygen atoms in total. The van der Waals surface area contributed by atoms with Crippen LogP contribution in [0, 0.1) is 12.3 Å². The summed E-state index contributed by atoms with van der Waals surface area (Å²) in [6.45, 7) is 11.9. The molecule has 98 valence electrons. The third-order valence-electron chi connectivity index (χ3n) is 4.71. The van der Waals surface area contributed by atoms with Crippen LogP contribution >= 0.6 is 0 Å². The molecule has 2 fully saturated rings. The summed E-state index contributed by atoms with van der Waals surface area (Å²) < 4.78 is 0. The second-order valence-corrected chi connectivity index (χ2v) is 6.36. The number of hydrogen-bond acceptors (Lipinski definition) is 2. The zero-order chi connectivity index (χ0) is 12.8. The van der Waals surface area contributed by atoms with Crippen LogP contribution in [0.4, 0.5) is 5.69 Å². The van der Waals surface area contributed by atoms with Gasteiger partial charge < -0.3 is 4.90 Å². The molecule has 1 aromatic carbocycles. The molecule has 2 aliphatic heterocycles. The lowest BCUT2D eigenvalue weighted by molar-refractivity contribution is -0.0462. The Bertz CT molecular complexity index is 426. The number of rotatable bonds is 3. The first-order chi connectivity index (χ1) is 8.62. The normalized spacial score (nSPS) is 23.6. The van der Waals surface area contributed by atoms with Gasteiger partial charge in [-0.05, 0) is 38.0 Å². The van der Waals surface area contributed by atoms with Gasteiger partial charge in [-0.1, -0.05) is 19.1 Å². The Morgan fingerprint density at radius 3 is 2.56 bits per heavy atom. The highest BCUT2D eigenvalue weighted by Gasteiger charge is 2.52. The fourth-order valence-corrected chi connectivity index (χ4v) is 3.36. The predicted molar refractivity (Wildman–Crippen MR) is 77.2 cm³/mol. The minimum Gasteiger partial charge on any atom is -0.370 e. The van der Waals surface area contributed by atoms with Crippen LogP contribution in [0.2, 0.25) is 0 Å². The van der Waals surface area contributed by atoms with E-state index in [4.69, 9.17) is 0 Å². The summed E-state index contributed by atoms with van der Waals surface area (Å²) in [6.07, 6.45) is 1.28. The molecule has 0 bridgehead atoms. The fourth-order valence-electron chi connectivity index (χ4n) is 3.36. The first-order valence-corrected chi connectivity index (χ1v) is 7.18. The Labute approximate surface area is 111 Å². The number of hydrogen-bond donors (Lipinski definition) is 0. The third kappa shape index (κ3) is 1.93. The van der Waals surface area contributed by atoms with Crippen LogP contribution in [0.3, 0.4) is 0 Å². The zero-order valence-corrected chi connectivity index (χ0v) is 11.8. The second-order valence-electron chi connectivity index (χ2n) is 6.36. The summed E-state index contributed by atoms with van der Waals surface area (Å²) in [7, 11) is 0. The minimum atomic E-state index is 0.618. The molecule has 2 heteroatoms. The summed E-state index contributed by atoms with van der Waals surface area (Å²) in [5, 5.41) is 0. The van der Waals surface area contributed by atoms with Gasteiger partial charge in [0.1, 0.15) is 0 Å². The Balaban J connectivity index is 1.56. The number of nitrogens with zero attached hydrogens (tertiary/aromatic N) is 2. The van der Waals surface area contributed by atoms with E-state index in [-0.39, 0.29) is 0 Å². The first kappa shape index (κ1) is 12.0. The van der Waals surface area contributed by atoms with Crippen molar-refractivity contribution in [2.24, 2.45) is 5.41 Å². The van der Waals surface area contributed by atoms with Gasteiger partial charge in [0.25, 0.3) is 0 Å². The van der Waals surface area contributed by atoms with Crippen molar-refractivity contribution >= 4 is 5.69 Å². The van der Waals surface area contributed by atoms with E-state index in [9.17, 15) is 0 Å². The maximum Gasteiger partial charge on any atom is 0.0369 e. The van der Waals surface area contributed by atoms with Crippen molar-refractivity contribution in [3.8, 4) is 0 Å². The van der Waals surface area contributed by atoms with E-state index in [0.29, 0.717) is 5.41 Å². The van der Waals surface area contributed by atoms with Gasteiger partial charge in [0, 0.05) is 43.3 Å². The molecule has 2 saturated heterocycles. The van der Waals surface area contributed by atoms with Crippen molar-refractivity contribution in [3.05, 3.63) is 29.8 Å². The van der Waals surface area contributed by atoms with Gasteiger partial charge in [0.2, 0.25) is 0 Å². The van der Waals surface area contributed by atoms with E-state index in [0.717, 1.165) is 6.04 Å². The fraction of sp³-hybridized carbons (Fsp3) is 0.625. The van der Waals surface area contributed by atoms with Crippen LogP contribution in [0.25, 0.3) is 0 Å². The van der Waals surface area contributed by atoms with Gasteiger partial charge in [-0.2, -0.15) is 0 Å². The van der Waals surface area contributed by atoms with Crippen LogP contribution in [-0.2, 0) is 0 Å². The molecule has 0 amide bonds. The minimum absolute atomic E-state index is 0.618. The van der Waals surface area contributed by atoms with Crippen LogP contribution < -0.4 is 4.90 Å². The predicted octanol–water partition coefficient (Wildman–Crippen LogP) is 2.92. The number of benzene rings is 1. The van der Waals surface area contributed by atoms with Crippen molar-refractivity contribution < 1.29 is 0 Å².